The molecule has 2 fully saturated rings. The van der Waals surface area contributed by atoms with Gasteiger partial charge in [0.2, 0.25) is 0 Å². The van der Waals surface area contributed by atoms with Crippen molar-refractivity contribution in [3.63, 3.8) is 0 Å². The van der Waals surface area contributed by atoms with Crippen molar-refractivity contribution in [2.24, 2.45) is 5.92 Å². The van der Waals surface area contributed by atoms with Crippen LogP contribution in [-0.2, 0) is 15.1 Å². The van der Waals surface area contributed by atoms with Gasteiger partial charge in [0.15, 0.2) is 0 Å². The molecule has 0 atom stereocenters. The summed E-state index contributed by atoms with van der Waals surface area (Å²) in [6.45, 7) is 3.03. The molecule has 0 aromatic heterocycles. The van der Waals surface area contributed by atoms with Crippen LogP contribution in [0.25, 0.3) is 0 Å². The molecular formula is C20H28N2O3. The minimum absolute atomic E-state index is 0.262. The van der Waals surface area contributed by atoms with Gasteiger partial charge in [-0.05, 0) is 57.3 Å². The number of rotatable bonds is 5. The predicted molar refractivity (Wildman–Crippen MR) is 96.1 cm³/mol. The number of hydrogen-bond donors (Lipinski definition) is 0. The maximum Gasteiger partial charge on any atom is 0.418 e. The molecule has 1 aromatic carbocycles. The highest BCUT2D eigenvalue weighted by molar-refractivity contribution is 5.76. The molecule has 1 aliphatic carbocycles. The first-order chi connectivity index (χ1) is 12.2. The van der Waals surface area contributed by atoms with Gasteiger partial charge in [0.1, 0.15) is 0 Å². The Bertz CT molecular complexity index is 576. The molecule has 2 aliphatic rings. The number of carbonyl (C=O) groups excluding carboxylic acids is 2. The van der Waals surface area contributed by atoms with Gasteiger partial charge >= 0.3 is 12.6 Å². The molecule has 1 saturated heterocycles. The standard InChI is InChI=1S/C20H28N2O3/c1-21-13-9-17(10-14-21)15-22(19(24)25-16-23)20(11-5-6-12-20)18-7-3-2-4-8-18/h2-4,7-8,16-17H,5-6,9-15H2,1H3. The van der Waals surface area contributed by atoms with Crippen molar-refractivity contribution < 1.29 is 14.3 Å². The van der Waals surface area contributed by atoms with Crippen LogP contribution in [0.2, 0.25) is 0 Å². The second-order valence-electron chi connectivity index (χ2n) is 7.44. The summed E-state index contributed by atoms with van der Waals surface area (Å²) in [7, 11) is 2.14. The van der Waals surface area contributed by atoms with E-state index < -0.39 is 6.09 Å². The van der Waals surface area contributed by atoms with Crippen molar-refractivity contribution in [1.82, 2.24) is 9.80 Å². The molecule has 136 valence electrons. The highest BCUT2D eigenvalue weighted by atomic mass is 16.6. The average Bonchev–Trinajstić information content (AvgIpc) is 3.13. The second-order valence-corrected chi connectivity index (χ2v) is 7.44. The number of benzene rings is 1. The smallest absolute Gasteiger partial charge is 0.379 e. The van der Waals surface area contributed by atoms with Gasteiger partial charge in [-0.25, -0.2) is 4.79 Å². The van der Waals surface area contributed by atoms with E-state index in [9.17, 15) is 9.59 Å². The van der Waals surface area contributed by atoms with Crippen LogP contribution in [0.15, 0.2) is 30.3 Å². The lowest BCUT2D eigenvalue weighted by atomic mass is 9.84. The van der Waals surface area contributed by atoms with Crippen molar-refractivity contribution >= 4 is 12.6 Å². The third-order valence-electron chi connectivity index (χ3n) is 5.91. The summed E-state index contributed by atoms with van der Waals surface area (Å²) in [5, 5.41) is 0. The van der Waals surface area contributed by atoms with E-state index in [4.69, 9.17) is 4.74 Å². The molecule has 1 heterocycles. The first kappa shape index (κ1) is 17.9. The lowest BCUT2D eigenvalue weighted by molar-refractivity contribution is -0.125. The zero-order valence-corrected chi connectivity index (χ0v) is 15.0. The largest absolute Gasteiger partial charge is 0.418 e. The van der Waals surface area contributed by atoms with E-state index >= 15 is 0 Å². The number of piperidine rings is 1. The van der Waals surface area contributed by atoms with Gasteiger partial charge in [0.25, 0.3) is 0 Å². The molecule has 25 heavy (non-hydrogen) atoms. The van der Waals surface area contributed by atoms with Gasteiger partial charge in [-0.3, -0.25) is 9.69 Å². The van der Waals surface area contributed by atoms with Crippen molar-refractivity contribution in [3.05, 3.63) is 35.9 Å². The Morgan fingerprint density at radius 1 is 1.24 bits per heavy atom. The zero-order valence-electron chi connectivity index (χ0n) is 15.0. The summed E-state index contributed by atoms with van der Waals surface area (Å²) in [4.78, 5) is 27.7. The van der Waals surface area contributed by atoms with E-state index in [1.165, 1.54) is 0 Å². The van der Waals surface area contributed by atoms with E-state index in [1.807, 2.05) is 23.1 Å². The van der Waals surface area contributed by atoms with Crippen molar-refractivity contribution in [3.8, 4) is 0 Å². The zero-order chi connectivity index (χ0) is 17.7. The fraction of sp³-hybridized carbons (Fsp3) is 0.600. The Balaban J connectivity index is 1.88. The van der Waals surface area contributed by atoms with Crippen LogP contribution in [0.3, 0.4) is 0 Å². The van der Waals surface area contributed by atoms with Crippen LogP contribution in [-0.4, -0.2) is 49.0 Å². The summed E-state index contributed by atoms with van der Waals surface area (Å²) in [5.41, 5.74) is 0.813. The first-order valence-corrected chi connectivity index (χ1v) is 9.32. The van der Waals surface area contributed by atoms with Crippen LogP contribution >= 0.6 is 0 Å². The molecule has 0 radical (unpaired) electrons. The van der Waals surface area contributed by atoms with Gasteiger partial charge in [-0.2, -0.15) is 0 Å². The van der Waals surface area contributed by atoms with Gasteiger partial charge < -0.3 is 9.64 Å². The Morgan fingerprint density at radius 2 is 1.88 bits per heavy atom. The topological polar surface area (TPSA) is 49.9 Å². The minimum atomic E-state index is -0.500. The van der Waals surface area contributed by atoms with E-state index in [1.54, 1.807) is 0 Å². The SMILES string of the molecule is CN1CCC(CN(C(=O)OC=O)C2(c3ccccc3)CCCC2)CC1. The Hall–Kier alpha value is -1.88. The van der Waals surface area contributed by atoms with E-state index in [-0.39, 0.29) is 12.0 Å². The number of amides is 1. The number of likely N-dealkylation sites (tertiary alicyclic amines) is 1. The molecule has 3 rings (SSSR count). The highest BCUT2D eigenvalue weighted by Gasteiger charge is 2.45. The maximum atomic E-state index is 12.7. The molecule has 5 heteroatoms. The molecular weight excluding hydrogens is 316 g/mol. The fourth-order valence-corrected chi connectivity index (χ4v) is 4.45. The molecule has 1 aromatic rings. The fourth-order valence-electron chi connectivity index (χ4n) is 4.45. The van der Waals surface area contributed by atoms with Gasteiger partial charge in [0.05, 0.1) is 5.54 Å². The van der Waals surface area contributed by atoms with Crippen LogP contribution in [0.5, 0.6) is 0 Å². The summed E-state index contributed by atoms with van der Waals surface area (Å²) in [6, 6.07) is 10.2. The Kier molecular flexibility index (Phi) is 5.74. The number of hydrogen-bond acceptors (Lipinski definition) is 4. The summed E-state index contributed by atoms with van der Waals surface area (Å²) >= 11 is 0. The number of nitrogens with zero attached hydrogens (tertiary/aromatic N) is 2. The maximum absolute atomic E-state index is 12.7. The summed E-state index contributed by atoms with van der Waals surface area (Å²) in [5.74, 6) is 0.455. The molecule has 1 saturated carbocycles. The van der Waals surface area contributed by atoms with Crippen LogP contribution in [0, 0.1) is 5.92 Å². The second kappa shape index (κ2) is 8.00. The molecule has 1 amide bonds. The van der Waals surface area contributed by atoms with Gasteiger partial charge in [-0.1, -0.05) is 43.2 Å². The van der Waals surface area contributed by atoms with Crippen LogP contribution in [0.4, 0.5) is 4.79 Å². The lowest BCUT2D eigenvalue weighted by Gasteiger charge is -2.43. The molecule has 0 unspecified atom stereocenters. The normalized spacial score (nSPS) is 21.0. The van der Waals surface area contributed by atoms with Gasteiger partial charge in [0, 0.05) is 6.54 Å². The Morgan fingerprint density at radius 3 is 2.48 bits per heavy atom. The molecule has 0 N–H and O–H groups in total. The third kappa shape index (κ3) is 3.87. The van der Waals surface area contributed by atoms with Crippen LogP contribution in [0.1, 0.15) is 44.1 Å². The lowest BCUT2D eigenvalue weighted by Crippen LogP contribution is -2.51. The van der Waals surface area contributed by atoms with Crippen molar-refractivity contribution in [2.75, 3.05) is 26.7 Å². The third-order valence-corrected chi connectivity index (χ3v) is 5.91. The molecule has 0 spiro atoms. The summed E-state index contributed by atoms with van der Waals surface area (Å²) < 4.78 is 4.82. The monoisotopic (exact) mass is 344 g/mol. The van der Waals surface area contributed by atoms with Gasteiger partial charge in [-0.15, -0.1) is 0 Å². The van der Waals surface area contributed by atoms with Crippen LogP contribution < -0.4 is 0 Å². The Labute approximate surface area is 149 Å². The minimum Gasteiger partial charge on any atom is -0.379 e. The van der Waals surface area contributed by atoms with Crippen molar-refractivity contribution in [1.29, 1.82) is 0 Å². The summed E-state index contributed by atoms with van der Waals surface area (Å²) in [6.07, 6.45) is 5.69. The average molecular weight is 344 g/mol. The molecule has 0 bridgehead atoms. The van der Waals surface area contributed by atoms with E-state index in [0.29, 0.717) is 12.5 Å². The molecule has 1 aliphatic heterocycles. The predicted octanol–water partition coefficient (Wildman–Crippen LogP) is 3.39. The highest BCUT2D eigenvalue weighted by Crippen LogP contribution is 2.45. The number of ether oxygens (including phenoxy) is 1. The quantitative estimate of drug-likeness (QED) is 0.607. The molecule has 5 nitrogen and oxygen atoms in total. The number of carbonyl (C=O) groups is 2. The van der Waals surface area contributed by atoms with Crippen molar-refractivity contribution in [2.45, 2.75) is 44.1 Å². The first-order valence-electron chi connectivity index (χ1n) is 9.32. The van der Waals surface area contributed by atoms with E-state index in [0.717, 1.165) is 57.2 Å². The van der Waals surface area contributed by atoms with E-state index in [2.05, 4.69) is 24.1 Å².